The molecule has 1 fully saturated rings. The number of nitrogens with zero attached hydrogens (tertiary/aromatic N) is 4. The second kappa shape index (κ2) is 8.53. The lowest BCUT2D eigenvalue weighted by atomic mass is 10.1. The number of hydrogen-bond acceptors (Lipinski definition) is 5. The van der Waals surface area contributed by atoms with Gasteiger partial charge in [0.05, 0.1) is 4.90 Å². The van der Waals surface area contributed by atoms with E-state index in [0.717, 1.165) is 30.7 Å². The number of carbonyl (C=O) groups is 1. The standard InChI is InChI=1S/C21H25N5O3S/c1-16-6-2-5-15-26(16)30(28,29)18-10-8-17(9-11-18)21(27)22-13-12-20-24-23-19-7-3-4-14-25(19)20/h3-4,7-11,14,16H,2,5-6,12-13,15H2,1H3,(H,22,27). The van der Waals surface area contributed by atoms with Crippen LogP contribution in [0, 0.1) is 0 Å². The maximum Gasteiger partial charge on any atom is 0.251 e. The normalized spacial score (nSPS) is 17.8. The van der Waals surface area contributed by atoms with Crippen molar-refractivity contribution in [3.63, 3.8) is 0 Å². The van der Waals surface area contributed by atoms with Crippen LogP contribution in [-0.4, -0.2) is 52.4 Å². The Morgan fingerprint density at radius 2 is 1.93 bits per heavy atom. The lowest BCUT2D eigenvalue weighted by Gasteiger charge is -2.32. The van der Waals surface area contributed by atoms with Crippen LogP contribution in [0.3, 0.4) is 0 Å². The average molecular weight is 428 g/mol. The van der Waals surface area contributed by atoms with Crippen molar-refractivity contribution in [3.05, 3.63) is 60.0 Å². The van der Waals surface area contributed by atoms with Crippen LogP contribution in [0.25, 0.3) is 5.65 Å². The molecule has 1 unspecified atom stereocenters. The highest BCUT2D eigenvalue weighted by Crippen LogP contribution is 2.25. The van der Waals surface area contributed by atoms with Crippen molar-refractivity contribution in [2.24, 2.45) is 0 Å². The molecule has 1 aromatic carbocycles. The molecule has 8 nitrogen and oxygen atoms in total. The van der Waals surface area contributed by atoms with Gasteiger partial charge in [-0.1, -0.05) is 12.5 Å². The molecule has 3 aromatic rings. The van der Waals surface area contributed by atoms with Gasteiger partial charge in [0.25, 0.3) is 5.91 Å². The van der Waals surface area contributed by atoms with Gasteiger partial charge in [0.2, 0.25) is 10.0 Å². The van der Waals surface area contributed by atoms with Gasteiger partial charge in [-0.25, -0.2) is 8.42 Å². The lowest BCUT2D eigenvalue weighted by molar-refractivity contribution is 0.0954. The highest BCUT2D eigenvalue weighted by Gasteiger charge is 2.30. The average Bonchev–Trinajstić information content (AvgIpc) is 3.17. The number of rotatable bonds is 6. The molecule has 4 rings (SSSR count). The van der Waals surface area contributed by atoms with E-state index in [-0.39, 0.29) is 16.8 Å². The molecular formula is C21H25N5O3S. The van der Waals surface area contributed by atoms with Crippen LogP contribution in [0.5, 0.6) is 0 Å². The molecule has 2 aromatic heterocycles. The minimum atomic E-state index is -3.54. The van der Waals surface area contributed by atoms with E-state index < -0.39 is 10.0 Å². The summed E-state index contributed by atoms with van der Waals surface area (Å²) >= 11 is 0. The summed E-state index contributed by atoms with van der Waals surface area (Å²) in [4.78, 5) is 12.7. The number of nitrogens with one attached hydrogen (secondary N) is 1. The summed E-state index contributed by atoms with van der Waals surface area (Å²) in [7, 11) is -3.54. The van der Waals surface area contributed by atoms with Gasteiger partial charge in [-0.15, -0.1) is 10.2 Å². The van der Waals surface area contributed by atoms with Crippen LogP contribution in [-0.2, 0) is 16.4 Å². The summed E-state index contributed by atoms with van der Waals surface area (Å²) in [5.74, 6) is 0.516. The van der Waals surface area contributed by atoms with Crippen molar-refractivity contribution >= 4 is 21.6 Å². The van der Waals surface area contributed by atoms with Crippen molar-refractivity contribution in [1.29, 1.82) is 0 Å². The molecule has 9 heteroatoms. The van der Waals surface area contributed by atoms with Gasteiger partial charge in [0, 0.05) is 37.3 Å². The number of hydrogen-bond donors (Lipinski definition) is 1. The van der Waals surface area contributed by atoms with Crippen LogP contribution in [0.4, 0.5) is 0 Å². The quantitative estimate of drug-likeness (QED) is 0.651. The van der Waals surface area contributed by atoms with E-state index >= 15 is 0 Å². The van der Waals surface area contributed by atoms with Crippen LogP contribution >= 0.6 is 0 Å². The topological polar surface area (TPSA) is 96.7 Å². The fourth-order valence-corrected chi connectivity index (χ4v) is 5.49. The van der Waals surface area contributed by atoms with Crippen molar-refractivity contribution in [2.45, 2.75) is 43.5 Å². The Bertz CT molecular complexity index is 1140. The minimum absolute atomic E-state index is 0.0000354. The third-order valence-corrected chi connectivity index (χ3v) is 7.51. The van der Waals surface area contributed by atoms with Gasteiger partial charge in [0.1, 0.15) is 5.82 Å². The molecule has 0 radical (unpaired) electrons. The van der Waals surface area contributed by atoms with Crippen LogP contribution in [0.1, 0.15) is 42.4 Å². The van der Waals surface area contributed by atoms with Crippen molar-refractivity contribution < 1.29 is 13.2 Å². The number of piperidine rings is 1. The molecular weight excluding hydrogens is 402 g/mol. The molecule has 3 heterocycles. The summed E-state index contributed by atoms with van der Waals surface area (Å²) < 4.78 is 29.2. The monoisotopic (exact) mass is 427 g/mol. The third-order valence-electron chi connectivity index (χ3n) is 5.48. The molecule has 0 saturated carbocycles. The van der Waals surface area contributed by atoms with E-state index in [1.54, 1.807) is 16.4 Å². The largest absolute Gasteiger partial charge is 0.352 e. The van der Waals surface area contributed by atoms with E-state index in [1.165, 1.54) is 12.1 Å². The molecule has 30 heavy (non-hydrogen) atoms. The molecule has 0 bridgehead atoms. The van der Waals surface area contributed by atoms with E-state index in [2.05, 4.69) is 15.5 Å². The number of pyridine rings is 1. The molecule has 1 N–H and O–H groups in total. The van der Waals surface area contributed by atoms with Gasteiger partial charge < -0.3 is 5.32 Å². The van der Waals surface area contributed by atoms with E-state index in [4.69, 9.17) is 0 Å². The predicted octanol–water partition coefficient (Wildman–Crippen LogP) is 2.26. The Labute approximate surface area is 176 Å². The van der Waals surface area contributed by atoms with Crippen LogP contribution < -0.4 is 5.32 Å². The third kappa shape index (κ3) is 4.08. The van der Waals surface area contributed by atoms with Crippen LogP contribution in [0.15, 0.2) is 53.6 Å². The number of benzene rings is 1. The van der Waals surface area contributed by atoms with Gasteiger partial charge in [-0.2, -0.15) is 4.31 Å². The molecule has 158 valence electrons. The molecule has 1 amide bonds. The van der Waals surface area contributed by atoms with Gasteiger partial charge in [-0.3, -0.25) is 9.20 Å². The Kier molecular flexibility index (Phi) is 5.83. The second-order valence-corrected chi connectivity index (χ2v) is 9.43. The second-order valence-electron chi connectivity index (χ2n) is 7.54. The smallest absolute Gasteiger partial charge is 0.251 e. The first-order valence-corrected chi connectivity index (χ1v) is 11.6. The van der Waals surface area contributed by atoms with E-state index in [0.29, 0.717) is 25.1 Å². The van der Waals surface area contributed by atoms with Crippen molar-refractivity contribution in [1.82, 2.24) is 24.2 Å². The molecule has 1 aliphatic heterocycles. The summed E-state index contributed by atoms with van der Waals surface area (Å²) in [5.41, 5.74) is 1.19. The number of amides is 1. The maximum absolute atomic E-state index is 12.9. The van der Waals surface area contributed by atoms with Gasteiger partial charge >= 0.3 is 0 Å². The summed E-state index contributed by atoms with van der Waals surface area (Å²) in [6, 6.07) is 11.8. The number of fused-ring (bicyclic) bond motifs is 1. The molecule has 0 aliphatic carbocycles. The Morgan fingerprint density at radius 3 is 2.70 bits per heavy atom. The molecule has 1 atom stereocenters. The molecule has 1 saturated heterocycles. The first-order valence-electron chi connectivity index (χ1n) is 10.2. The maximum atomic E-state index is 12.9. The van der Waals surface area contributed by atoms with Crippen molar-refractivity contribution in [3.8, 4) is 0 Å². The number of aromatic nitrogens is 3. The summed E-state index contributed by atoms with van der Waals surface area (Å²) in [5, 5.41) is 11.1. The van der Waals surface area contributed by atoms with Crippen LogP contribution in [0.2, 0.25) is 0 Å². The highest BCUT2D eigenvalue weighted by atomic mass is 32.2. The molecule has 0 spiro atoms. The Morgan fingerprint density at radius 1 is 1.13 bits per heavy atom. The predicted molar refractivity (Wildman–Crippen MR) is 113 cm³/mol. The Hall–Kier alpha value is -2.78. The van der Waals surface area contributed by atoms with E-state index in [1.807, 2.05) is 35.7 Å². The lowest BCUT2D eigenvalue weighted by Crippen LogP contribution is -2.41. The van der Waals surface area contributed by atoms with Crippen molar-refractivity contribution in [2.75, 3.05) is 13.1 Å². The minimum Gasteiger partial charge on any atom is -0.352 e. The summed E-state index contributed by atoms with van der Waals surface area (Å²) in [6.45, 7) is 2.89. The zero-order valence-electron chi connectivity index (χ0n) is 16.9. The number of sulfonamides is 1. The Balaban J connectivity index is 1.38. The van der Waals surface area contributed by atoms with Gasteiger partial charge in [0.15, 0.2) is 5.65 Å². The highest BCUT2D eigenvalue weighted by molar-refractivity contribution is 7.89. The van der Waals surface area contributed by atoms with Gasteiger partial charge in [-0.05, 0) is 56.2 Å². The molecule has 1 aliphatic rings. The first-order chi connectivity index (χ1) is 14.5. The zero-order valence-corrected chi connectivity index (χ0v) is 17.7. The SMILES string of the molecule is CC1CCCCN1S(=O)(=O)c1ccc(C(=O)NCCc2nnc3ccccn23)cc1. The fourth-order valence-electron chi connectivity index (χ4n) is 3.79. The van der Waals surface area contributed by atoms with E-state index in [9.17, 15) is 13.2 Å². The number of carbonyl (C=O) groups excluding carboxylic acids is 1. The zero-order chi connectivity index (χ0) is 21.1. The summed E-state index contributed by atoms with van der Waals surface area (Å²) in [6.07, 6.45) is 5.23. The first kappa shape index (κ1) is 20.5. The fraction of sp³-hybridized carbons (Fsp3) is 0.381.